The van der Waals surface area contributed by atoms with Crippen molar-refractivity contribution in [2.75, 3.05) is 23.9 Å². The summed E-state index contributed by atoms with van der Waals surface area (Å²) in [5.74, 6) is 0. The van der Waals surface area contributed by atoms with Gasteiger partial charge in [0, 0.05) is 47.7 Å². The van der Waals surface area contributed by atoms with E-state index in [9.17, 15) is 0 Å². The van der Waals surface area contributed by atoms with Crippen LogP contribution in [0.1, 0.15) is 33.4 Å². The Kier molecular flexibility index (Phi) is 7.01. The molecule has 0 saturated heterocycles. The Bertz CT molecular complexity index is 1690. The zero-order valence-electron chi connectivity index (χ0n) is 25.8. The second-order valence-corrected chi connectivity index (χ2v) is 12.7. The fourth-order valence-electron chi connectivity index (χ4n) is 7.86. The Morgan fingerprint density at radius 2 is 0.705 bits per heavy atom. The van der Waals surface area contributed by atoms with Crippen molar-refractivity contribution >= 4 is 11.4 Å². The smallest absolute Gasteiger partial charge is 0.0450 e. The molecule has 2 atom stereocenters. The number of rotatable bonds is 8. The third-order valence-corrected chi connectivity index (χ3v) is 10.2. The average molecular weight is 573 g/mol. The molecule has 218 valence electrons. The van der Waals surface area contributed by atoms with Crippen molar-refractivity contribution in [3.05, 3.63) is 191 Å². The molecule has 0 fully saturated rings. The van der Waals surface area contributed by atoms with Gasteiger partial charge in [-0.15, -0.1) is 0 Å². The van der Waals surface area contributed by atoms with Gasteiger partial charge in [-0.25, -0.2) is 0 Å². The third-order valence-electron chi connectivity index (χ3n) is 10.2. The quantitative estimate of drug-likeness (QED) is 0.183. The maximum absolute atomic E-state index is 4.68. The number of hydrogen-bond donors (Lipinski definition) is 0. The van der Waals surface area contributed by atoms with Crippen molar-refractivity contribution in [3.63, 3.8) is 0 Å². The molecular formula is C42H40N2. The lowest BCUT2D eigenvalue weighted by atomic mass is 9.70. The summed E-state index contributed by atoms with van der Waals surface area (Å²) < 4.78 is 0. The zero-order chi connectivity index (χ0) is 30.3. The van der Waals surface area contributed by atoms with Crippen LogP contribution in [0.25, 0.3) is 0 Å². The van der Waals surface area contributed by atoms with E-state index in [-0.39, 0.29) is 10.8 Å². The van der Waals surface area contributed by atoms with Crippen LogP contribution in [-0.2, 0) is 36.5 Å². The van der Waals surface area contributed by atoms with E-state index < -0.39 is 0 Å². The van der Waals surface area contributed by atoms with E-state index in [0.29, 0.717) is 0 Å². The zero-order valence-corrected chi connectivity index (χ0v) is 25.8. The van der Waals surface area contributed by atoms with Gasteiger partial charge in [-0.1, -0.05) is 134 Å². The summed E-state index contributed by atoms with van der Waals surface area (Å²) in [7, 11) is 4.32. The van der Waals surface area contributed by atoms with Gasteiger partial charge in [-0.3, -0.25) is 0 Å². The molecule has 0 saturated carbocycles. The SMILES string of the molecule is C=C1N(C)c2ccccc2C1(Cc1ccccc1)Cc1ccc(CC2(Cc3ccccc3)C(=C)N(C)c3ccccc32)cc1. The average Bonchev–Trinajstić information content (AvgIpc) is 3.39. The Hall–Kier alpha value is -4.82. The summed E-state index contributed by atoms with van der Waals surface area (Å²) in [6.07, 6.45) is 3.63. The molecule has 5 aromatic rings. The van der Waals surface area contributed by atoms with E-state index in [1.165, 1.54) is 44.8 Å². The molecule has 2 unspecified atom stereocenters. The molecule has 0 aromatic heterocycles. The minimum atomic E-state index is -0.204. The first-order valence-corrected chi connectivity index (χ1v) is 15.6. The summed E-state index contributed by atoms with van der Waals surface area (Å²) in [5.41, 5.74) is 12.5. The van der Waals surface area contributed by atoms with Gasteiger partial charge in [0.25, 0.3) is 0 Å². The summed E-state index contributed by atoms with van der Waals surface area (Å²) >= 11 is 0. The highest BCUT2D eigenvalue weighted by Gasteiger charge is 2.46. The highest BCUT2D eigenvalue weighted by atomic mass is 15.2. The number of anilines is 2. The predicted molar refractivity (Wildman–Crippen MR) is 185 cm³/mol. The maximum atomic E-state index is 4.68. The molecule has 2 heteroatoms. The molecule has 5 aromatic carbocycles. The van der Waals surface area contributed by atoms with Gasteiger partial charge in [0.1, 0.15) is 0 Å². The first-order chi connectivity index (χ1) is 21.4. The van der Waals surface area contributed by atoms with E-state index in [2.05, 4.69) is 171 Å². The molecule has 0 aliphatic carbocycles. The molecule has 2 aliphatic rings. The van der Waals surface area contributed by atoms with E-state index >= 15 is 0 Å². The Balaban J connectivity index is 1.24. The van der Waals surface area contributed by atoms with Crippen molar-refractivity contribution in [1.82, 2.24) is 0 Å². The van der Waals surface area contributed by atoms with Gasteiger partial charge in [0.05, 0.1) is 0 Å². The largest absolute Gasteiger partial charge is 0.348 e. The monoisotopic (exact) mass is 572 g/mol. The molecule has 0 N–H and O–H groups in total. The normalized spacial score (nSPS) is 20.6. The van der Waals surface area contributed by atoms with Crippen LogP contribution in [0.15, 0.2) is 158 Å². The second-order valence-electron chi connectivity index (χ2n) is 12.7. The van der Waals surface area contributed by atoms with Crippen LogP contribution >= 0.6 is 0 Å². The van der Waals surface area contributed by atoms with Gasteiger partial charge >= 0.3 is 0 Å². The van der Waals surface area contributed by atoms with Crippen LogP contribution in [0.2, 0.25) is 0 Å². The molecular weight excluding hydrogens is 532 g/mol. The van der Waals surface area contributed by atoms with Crippen molar-refractivity contribution in [2.45, 2.75) is 36.5 Å². The van der Waals surface area contributed by atoms with Crippen LogP contribution in [0, 0.1) is 0 Å². The number of likely N-dealkylation sites (N-methyl/N-ethyl adjacent to an activating group) is 2. The molecule has 0 amide bonds. The van der Waals surface area contributed by atoms with Gasteiger partial charge in [-0.2, -0.15) is 0 Å². The lowest BCUT2D eigenvalue weighted by Gasteiger charge is -2.34. The first kappa shape index (κ1) is 28.0. The van der Waals surface area contributed by atoms with Crippen molar-refractivity contribution in [1.29, 1.82) is 0 Å². The molecule has 7 rings (SSSR count). The molecule has 2 heterocycles. The summed E-state index contributed by atoms with van der Waals surface area (Å²) in [6, 6.07) is 48.8. The van der Waals surface area contributed by atoms with Gasteiger partial charge in [-0.05, 0) is 71.2 Å². The second kappa shape index (κ2) is 11.0. The minimum Gasteiger partial charge on any atom is -0.348 e. The van der Waals surface area contributed by atoms with Gasteiger partial charge in [0.2, 0.25) is 0 Å². The number of para-hydroxylation sites is 2. The maximum Gasteiger partial charge on any atom is 0.0450 e. The number of benzene rings is 5. The lowest BCUT2D eigenvalue weighted by Crippen LogP contribution is -2.34. The molecule has 2 nitrogen and oxygen atoms in total. The number of hydrogen-bond acceptors (Lipinski definition) is 2. The van der Waals surface area contributed by atoms with E-state index in [1.807, 2.05) is 0 Å². The van der Waals surface area contributed by atoms with E-state index in [1.54, 1.807) is 0 Å². The Morgan fingerprint density at radius 1 is 0.409 bits per heavy atom. The van der Waals surface area contributed by atoms with E-state index in [4.69, 9.17) is 0 Å². The first-order valence-electron chi connectivity index (χ1n) is 15.6. The summed E-state index contributed by atoms with van der Waals surface area (Å²) in [6.45, 7) is 9.36. The number of allylic oxidation sites excluding steroid dienone is 2. The molecule has 2 aliphatic heterocycles. The van der Waals surface area contributed by atoms with Crippen molar-refractivity contribution < 1.29 is 0 Å². The molecule has 44 heavy (non-hydrogen) atoms. The molecule has 0 spiro atoms. The Labute approximate surface area is 262 Å². The summed E-state index contributed by atoms with van der Waals surface area (Å²) in [4.78, 5) is 4.58. The predicted octanol–water partition coefficient (Wildman–Crippen LogP) is 9.06. The Morgan fingerprint density at radius 3 is 1.07 bits per heavy atom. The van der Waals surface area contributed by atoms with Crippen LogP contribution in [0.5, 0.6) is 0 Å². The number of nitrogens with zero attached hydrogens (tertiary/aromatic N) is 2. The fourth-order valence-corrected chi connectivity index (χ4v) is 7.86. The van der Waals surface area contributed by atoms with E-state index in [0.717, 1.165) is 37.1 Å². The van der Waals surface area contributed by atoms with Crippen LogP contribution < -0.4 is 9.80 Å². The minimum absolute atomic E-state index is 0.204. The van der Waals surface area contributed by atoms with Crippen LogP contribution in [0.3, 0.4) is 0 Å². The highest BCUT2D eigenvalue weighted by molar-refractivity contribution is 5.72. The molecule has 0 radical (unpaired) electrons. The fraction of sp³-hybridized carbons (Fsp3) is 0.190. The standard InChI is InChI=1S/C42H40N2/c1-31-41(27-33-15-7-5-8-16-33,37-19-11-13-21-39(37)43(31)3)29-35-23-25-36(26-24-35)30-42(28-34-17-9-6-10-18-34)32(2)44(4)40-22-14-12-20-38(40)42/h5-26H,1-2,27-30H2,3-4H3. The van der Waals surface area contributed by atoms with Crippen molar-refractivity contribution in [2.24, 2.45) is 0 Å². The summed E-state index contributed by atoms with van der Waals surface area (Å²) in [5, 5.41) is 0. The van der Waals surface area contributed by atoms with Crippen LogP contribution in [-0.4, -0.2) is 14.1 Å². The van der Waals surface area contributed by atoms with Crippen molar-refractivity contribution in [3.8, 4) is 0 Å². The van der Waals surface area contributed by atoms with Gasteiger partial charge in [0.15, 0.2) is 0 Å². The topological polar surface area (TPSA) is 6.48 Å². The third kappa shape index (κ3) is 4.57. The number of fused-ring (bicyclic) bond motifs is 2. The molecule has 0 bridgehead atoms. The lowest BCUT2D eigenvalue weighted by molar-refractivity contribution is 0.505. The van der Waals surface area contributed by atoms with Crippen LogP contribution in [0.4, 0.5) is 11.4 Å². The van der Waals surface area contributed by atoms with Gasteiger partial charge < -0.3 is 9.80 Å². The highest BCUT2D eigenvalue weighted by Crippen LogP contribution is 2.52.